The van der Waals surface area contributed by atoms with Gasteiger partial charge in [-0.05, 0) is 36.1 Å². The van der Waals surface area contributed by atoms with Gasteiger partial charge in [0, 0.05) is 25.2 Å². The lowest BCUT2D eigenvalue weighted by Crippen LogP contribution is -2.59. The van der Waals surface area contributed by atoms with E-state index in [0.717, 1.165) is 12.3 Å². The summed E-state index contributed by atoms with van der Waals surface area (Å²) in [5.74, 6) is -2.21. The first-order valence-electron chi connectivity index (χ1n) is 14.1. The first kappa shape index (κ1) is 30.6. The third-order valence-electron chi connectivity index (χ3n) is 8.39. The molecule has 0 bridgehead atoms. The molecule has 3 N–H and O–H groups in total. The molecule has 0 spiro atoms. The van der Waals surface area contributed by atoms with Gasteiger partial charge >= 0.3 is 12.4 Å². The number of benzene rings is 2. The molecule has 0 radical (unpaired) electrons. The smallest absolute Gasteiger partial charge is 0.380 e. The number of nitrogens with one attached hydrogen (secondary N) is 1. The Bertz CT molecular complexity index is 1630. The van der Waals surface area contributed by atoms with Crippen molar-refractivity contribution in [2.45, 2.75) is 48.9 Å². The largest absolute Gasteiger partial charge is 0.424 e. The number of halogens is 6. The summed E-state index contributed by atoms with van der Waals surface area (Å²) >= 11 is 0. The summed E-state index contributed by atoms with van der Waals surface area (Å²) in [4.78, 5) is 18.4. The van der Waals surface area contributed by atoms with Gasteiger partial charge in [-0.1, -0.05) is 60.7 Å². The summed E-state index contributed by atoms with van der Waals surface area (Å²) in [5.41, 5.74) is -4.45. The van der Waals surface area contributed by atoms with Crippen molar-refractivity contribution in [2.75, 3.05) is 23.3 Å². The van der Waals surface area contributed by atoms with Crippen LogP contribution in [0.1, 0.15) is 52.7 Å². The van der Waals surface area contributed by atoms with E-state index < -0.39 is 53.1 Å². The van der Waals surface area contributed by atoms with Gasteiger partial charge in [0.15, 0.2) is 6.10 Å². The van der Waals surface area contributed by atoms with Crippen molar-refractivity contribution in [2.24, 2.45) is 0 Å². The number of aliphatic hydroxyl groups excluding tert-OH is 1. The van der Waals surface area contributed by atoms with Gasteiger partial charge in [-0.25, -0.2) is 9.67 Å². The Hall–Kier alpha value is -4.43. The third kappa shape index (κ3) is 5.31. The minimum Gasteiger partial charge on any atom is -0.380 e. The maximum absolute atomic E-state index is 14.7. The first-order chi connectivity index (χ1) is 21.3. The molecule has 0 aliphatic carbocycles. The fourth-order valence-electron chi connectivity index (χ4n) is 6.10. The van der Waals surface area contributed by atoms with Crippen molar-refractivity contribution < 1.29 is 41.4 Å². The van der Waals surface area contributed by atoms with E-state index in [4.69, 9.17) is 0 Å². The van der Waals surface area contributed by atoms with Crippen molar-refractivity contribution in [3.8, 4) is 0 Å². The summed E-state index contributed by atoms with van der Waals surface area (Å²) < 4.78 is 84.4. The standard InChI is InChI=1S/C31H27F6N5O3/c32-30(33,34)21-11-12-22(38-17-21)41-15-13-18(14-16-41)24-23-27(39-28(44)26(43)29(23,45)31(35,36)37)42(40-24)25(19-7-3-1-4-8-19)20-9-5-2-6-10-20/h1-12,17-18,25-26,43,45H,13-16H2,(H,39,44). The average Bonchev–Trinajstić information content (AvgIpc) is 3.39. The van der Waals surface area contributed by atoms with Gasteiger partial charge < -0.3 is 20.4 Å². The highest BCUT2D eigenvalue weighted by Crippen LogP contribution is 2.52. The van der Waals surface area contributed by atoms with Gasteiger partial charge in [-0.15, -0.1) is 0 Å². The van der Waals surface area contributed by atoms with Crippen molar-refractivity contribution in [1.29, 1.82) is 0 Å². The molecule has 236 valence electrons. The van der Waals surface area contributed by atoms with Crippen LogP contribution in [-0.2, 0) is 16.6 Å². The predicted octanol–water partition coefficient (Wildman–Crippen LogP) is 5.38. The fraction of sp³-hybridized carbons (Fsp3) is 0.323. The van der Waals surface area contributed by atoms with Crippen LogP contribution in [0.5, 0.6) is 0 Å². The molecule has 4 aromatic rings. The van der Waals surface area contributed by atoms with Crippen LogP contribution in [0.15, 0.2) is 79.0 Å². The van der Waals surface area contributed by atoms with E-state index in [9.17, 15) is 41.4 Å². The zero-order valence-electron chi connectivity index (χ0n) is 23.4. The summed E-state index contributed by atoms with van der Waals surface area (Å²) in [6.45, 7) is 0.426. The number of aromatic nitrogens is 3. The number of nitrogens with zero attached hydrogens (tertiary/aromatic N) is 4. The quantitative estimate of drug-likeness (QED) is 0.256. The molecular formula is C31H27F6N5O3. The number of amides is 1. The summed E-state index contributed by atoms with van der Waals surface area (Å²) in [6.07, 6.45) is -11.7. The van der Waals surface area contributed by atoms with E-state index in [0.29, 0.717) is 11.1 Å². The normalized spacial score (nSPS) is 21.1. The number of aliphatic hydroxyl groups is 2. The Labute approximate surface area is 252 Å². The van der Waals surface area contributed by atoms with Crippen LogP contribution in [-0.4, -0.2) is 56.3 Å². The summed E-state index contributed by atoms with van der Waals surface area (Å²) in [7, 11) is 0. The Balaban J connectivity index is 1.45. The molecule has 8 nitrogen and oxygen atoms in total. The molecule has 2 aromatic carbocycles. The van der Waals surface area contributed by atoms with Gasteiger partial charge in [-0.2, -0.15) is 31.4 Å². The third-order valence-corrected chi connectivity index (χ3v) is 8.39. The molecule has 1 saturated heterocycles. The van der Waals surface area contributed by atoms with Crippen molar-refractivity contribution in [3.63, 3.8) is 0 Å². The number of hydrogen-bond acceptors (Lipinski definition) is 6. The highest BCUT2D eigenvalue weighted by Gasteiger charge is 2.67. The second-order valence-electron chi connectivity index (χ2n) is 11.1. The molecule has 45 heavy (non-hydrogen) atoms. The predicted molar refractivity (Wildman–Crippen MR) is 150 cm³/mol. The van der Waals surface area contributed by atoms with E-state index in [1.165, 1.54) is 10.7 Å². The molecule has 2 atom stereocenters. The van der Waals surface area contributed by atoms with E-state index in [1.807, 2.05) is 0 Å². The van der Waals surface area contributed by atoms with Crippen LogP contribution >= 0.6 is 0 Å². The maximum atomic E-state index is 14.7. The fourth-order valence-corrected chi connectivity index (χ4v) is 6.10. The van der Waals surface area contributed by atoms with Crippen LogP contribution in [0.4, 0.5) is 38.0 Å². The monoisotopic (exact) mass is 631 g/mol. The highest BCUT2D eigenvalue weighted by molar-refractivity contribution is 5.98. The molecule has 0 saturated carbocycles. The molecule has 2 unspecified atom stereocenters. The van der Waals surface area contributed by atoms with Crippen LogP contribution < -0.4 is 10.2 Å². The molecule has 14 heteroatoms. The number of alkyl halides is 6. The van der Waals surface area contributed by atoms with Gasteiger partial charge in [-0.3, -0.25) is 4.79 Å². The minimum absolute atomic E-state index is 0.138. The molecule has 1 fully saturated rings. The Morgan fingerprint density at radius 3 is 1.96 bits per heavy atom. The lowest BCUT2D eigenvalue weighted by atomic mass is 9.79. The van der Waals surface area contributed by atoms with Gasteiger partial charge in [0.2, 0.25) is 5.60 Å². The van der Waals surface area contributed by atoms with Crippen LogP contribution in [0, 0.1) is 0 Å². The highest BCUT2D eigenvalue weighted by atomic mass is 19.4. The summed E-state index contributed by atoms with van der Waals surface area (Å²) in [5, 5.41) is 28.8. The minimum atomic E-state index is -5.46. The number of carbonyl (C=O) groups is 1. The SMILES string of the molecule is O=C1Nc2c(c(C3CCN(c4ccc(C(F)(F)F)cn4)CC3)nn2C(c2ccccc2)c2ccccc2)C(O)(C(F)(F)F)C1O. The van der Waals surface area contributed by atoms with Gasteiger partial charge in [0.1, 0.15) is 17.7 Å². The van der Waals surface area contributed by atoms with E-state index in [2.05, 4.69) is 15.4 Å². The molecule has 2 aliphatic heterocycles. The molecule has 2 aliphatic rings. The maximum Gasteiger partial charge on any atom is 0.424 e. The number of anilines is 2. The van der Waals surface area contributed by atoms with Crippen LogP contribution in [0.3, 0.4) is 0 Å². The van der Waals surface area contributed by atoms with Gasteiger partial charge in [0.05, 0.1) is 16.8 Å². The number of fused-ring (bicyclic) bond motifs is 1. The van der Waals surface area contributed by atoms with Crippen molar-refractivity contribution in [1.82, 2.24) is 14.8 Å². The Morgan fingerprint density at radius 1 is 0.889 bits per heavy atom. The lowest BCUT2D eigenvalue weighted by molar-refractivity contribution is -0.293. The van der Waals surface area contributed by atoms with E-state index in [1.54, 1.807) is 65.6 Å². The average molecular weight is 632 g/mol. The number of hydrogen-bond donors (Lipinski definition) is 3. The first-order valence-corrected chi connectivity index (χ1v) is 14.1. The Kier molecular flexibility index (Phi) is 7.60. The topological polar surface area (TPSA) is 104 Å². The molecule has 4 heterocycles. The number of rotatable bonds is 5. The molecular weight excluding hydrogens is 604 g/mol. The molecule has 2 aromatic heterocycles. The zero-order valence-corrected chi connectivity index (χ0v) is 23.4. The zero-order chi connectivity index (χ0) is 32.1. The Morgan fingerprint density at radius 2 is 1.47 bits per heavy atom. The number of pyridine rings is 1. The second kappa shape index (κ2) is 11.2. The number of piperidine rings is 1. The van der Waals surface area contributed by atoms with E-state index in [-0.39, 0.29) is 43.3 Å². The van der Waals surface area contributed by atoms with Gasteiger partial charge in [0.25, 0.3) is 5.91 Å². The van der Waals surface area contributed by atoms with Crippen LogP contribution in [0.2, 0.25) is 0 Å². The number of carbonyl (C=O) groups excluding carboxylic acids is 1. The van der Waals surface area contributed by atoms with Crippen LogP contribution in [0.25, 0.3) is 0 Å². The van der Waals surface area contributed by atoms with Crippen molar-refractivity contribution >= 4 is 17.5 Å². The van der Waals surface area contributed by atoms with E-state index >= 15 is 0 Å². The lowest BCUT2D eigenvalue weighted by Gasteiger charge is -2.39. The second-order valence-corrected chi connectivity index (χ2v) is 11.1. The molecule has 1 amide bonds. The molecule has 6 rings (SSSR count). The summed E-state index contributed by atoms with van der Waals surface area (Å²) in [6, 6.07) is 18.9. The van der Waals surface area contributed by atoms with Crippen molar-refractivity contribution in [3.05, 3.63) is 107 Å².